The second-order valence-corrected chi connectivity index (χ2v) is 5.70. The van der Waals surface area contributed by atoms with E-state index in [2.05, 4.69) is 32.2 Å². The summed E-state index contributed by atoms with van der Waals surface area (Å²) in [6.45, 7) is 6.94. The van der Waals surface area contributed by atoms with Crippen LogP contribution in [0.5, 0.6) is 0 Å². The molecule has 0 aliphatic rings. The van der Waals surface area contributed by atoms with Gasteiger partial charge in [-0.1, -0.05) is 25.4 Å². The van der Waals surface area contributed by atoms with E-state index in [4.69, 9.17) is 22.6 Å². The molecule has 0 saturated carbocycles. The summed E-state index contributed by atoms with van der Waals surface area (Å²) in [7, 11) is 0. The lowest BCUT2D eigenvalue weighted by Gasteiger charge is -2.32. The summed E-state index contributed by atoms with van der Waals surface area (Å²) in [5.74, 6) is 0.545. The monoisotopic (exact) mass is 265 g/mol. The van der Waals surface area contributed by atoms with Crippen molar-refractivity contribution in [3.8, 4) is 6.07 Å². The Balaban J connectivity index is 2.92. The Morgan fingerprint density at radius 2 is 2.17 bits per heavy atom. The topological polar surface area (TPSA) is 61.8 Å². The average molecular weight is 266 g/mol. The average Bonchev–Trinajstić information content (AvgIpc) is 2.31. The number of hydrogen-bond acceptors (Lipinski definition) is 3. The molecule has 0 saturated heterocycles. The van der Waals surface area contributed by atoms with Crippen LogP contribution >= 0.6 is 11.6 Å². The van der Waals surface area contributed by atoms with Crippen LogP contribution in [-0.4, -0.2) is 12.1 Å². The SMILES string of the molecule is CC(C)CC(C)(CN)Nc1ccc(C#N)cc1Cl. The van der Waals surface area contributed by atoms with Crippen LogP contribution in [0.1, 0.15) is 32.8 Å². The molecule has 1 aromatic carbocycles. The maximum atomic E-state index is 8.80. The van der Waals surface area contributed by atoms with E-state index in [0.717, 1.165) is 12.1 Å². The summed E-state index contributed by atoms with van der Waals surface area (Å²) in [4.78, 5) is 0. The van der Waals surface area contributed by atoms with E-state index in [0.29, 0.717) is 23.0 Å². The normalized spacial score (nSPS) is 14.1. The molecule has 0 aromatic heterocycles. The molecule has 4 heteroatoms. The van der Waals surface area contributed by atoms with Crippen LogP contribution in [0.25, 0.3) is 0 Å². The Morgan fingerprint density at radius 3 is 2.61 bits per heavy atom. The van der Waals surface area contributed by atoms with Gasteiger partial charge in [0.1, 0.15) is 0 Å². The van der Waals surface area contributed by atoms with Crippen LogP contribution < -0.4 is 11.1 Å². The fraction of sp³-hybridized carbons (Fsp3) is 0.500. The number of nitrogens with one attached hydrogen (secondary N) is 1. The third-order valence-electron chi connectivity index (χ3n) is 2.84. The van der Waals surface area contributed by atoms with Crippen molar-refractivity contribution in [3.05, 3.63) is 28.8 Å². The van der Waals surface area contributed by atoms with Gasteiger partial charge >= 0.3 is 0 Å². The second kappa shape index (κ2) is 6.08. The van der Waals surface area contributed by atoms with Gasteiger partial charge in [0.2, 0.25) is 0 Å². The Morgan fingerprint density at radius 1 is 1.50 bits per heavy atom. The van der Waals surface area contributed by atoms with Gasteiger partial charge in [-0.05, 0) is 37.5 Å². The summed E-state index contributed by atoms with van der Waals surface area (Å²) in [5, 5.41) is 12.7. The van der Waals surface area contributed by atoms with Crippen LogP contribution in [0, 0.1) is 17.2 Å². The first-order chi connectivity index (χ1) is 8.40. The number of halogens is 1. The fourth-order valence-corrected chi connectivity index (χ4v) is 2.33. The predicted molar refractivity (Wildman–Crippen MR) is 76.7 cm³/mol. The van der Waals surface area contributed by atoms with Crippen molar-refractivity contribution in [2.45, 2.75) is 32.7 Å². The standard InChI is InChI=1S/C14H20ClN3/c1-10(2)7-14(3,9-17)18-13-5-4-11(8-16)6-12(13)15/h4-6,10,18H,7,9,17H2,1-3H3. The molecule has 1 atom stereocenters. The third kappa shape index (κ3) is 3.90. The van der Waals surface area contributed by atoms with Crippen molar-refractivity contribution < 1.29 is 0 Å². The van der Waals surface area contributed by atoms with Crippen LogP contribution in [0.3, 0.4) is 0 Å². The molecular formula is C14H20ClN3. The molecule has 1 aromatic rings. The number of hydrogen-bond donors (Lipinski definition) is 2. The largest absolute Gasteiger partial charge is 0.377 e. The number of rotatable bonds is 5. The maximum absolute atomic E-state index is 8.80. The molecule has 1 unspecified atom stereocenters. The molecule has 18 heavy (non-hydrogen) atoms. The Labute approximate surface area is 114 Å². The van der Waals surface area contributed by atoms with Crippen LogP contribution in [-0.2, 0) is 0 Å². The highest BCUT2D eigenvalue weighted by Crippen LogP contribution is 2.28. The molecule has 98 valence electrons. The smallest absolute Gasteiger partial charge is 0.0992 e. The second-order valence-electron chi connectivity index (χ2n) is 5.29. The van der Waals surface area contributed by atoms with Crippen molar-refractivity contribution in [1.29, 1.82) is 5.26 Å². The molecule has 0 heterocycles. The van der Waals surface area contributed by atoms with E-state index >= 15 is 0 Å². The summed E-state index contributed by atoms with van der Waals surface area (Å²) >= 11 is 6.15. The van der Waals surface area contributed by atoms with Crippen LogP contribution in [0.2, 0.25) is 5.02 Å². The molecule has 0 fully saturated rings. The highest BCUT2D eigenvalue weighted by atomic mass is 35.5. The van der Waals surface area contributed by atoms with Gasteiger partial charge in [0.15, 0.2) is 0 Å². The molecule has 1 rings (SSSR count). The Kier molecular flexibility index (Phi) is 5.01. The van der Waals surface area contributed by atoms with Crippen LogP contribution in [0.15, 0.2) is 18.2 Å². The zero-order valence-electron chi connectivity index (χ0n) is 11.1. The lowest BCUT2D eigenvalue weighted by atomic mass is 9.90. The number of nitrogens with zero attached hydrogens (tertiary/aromatic N) is 1. The number of anilines is 1. The molecule has 0 amide bonds. The van der Waals surface area contributed by atoms with Gasteiger partial charge in [-0.15, -0.1) is 0 Å². The number of nitriles is 1. The van der Waals surface area contributed by atoms with Gasteiger partial charge in [-0.3, -0.25) is 0 Å². The molecule has 3 nitrogen and oxygen atoms in total. The van der Waals surface area contributed by atoms with Gasteiger partial charge in [-0.2, -0.15) is 5.26 Å². The molecule has 3 N–H and O–H groups in total. The van der Waals surface area contributed by atoms with E-state index in [1.165, 1.54) is 0 Å². The van der Waals surface area contributed by atoms with E-state index in [1.54, 1.807) is 12.1 Å². The first kappa shape index (κ1) is 14.8. The summed E-state index contributed by atoms with van der Waals surface area (Å²) < 4.78 is 0. The highest BCUT2D eigenvalue weighted by Gasteiger charge is 2.24. The van der Waals surface area contributed by atoms with Gasteiger partial charge in [0.25, 0.3) is 0 Å². The zero-order valence-corrected chi connectivity index (χ0v) is 11.9. The van der Waals surface area contributed by atoms with Crippen molar-refractivity contribution in [2.75, 3.05) is 11.9 Å². The van der Waals surface area contributed by atoms with Gasteiger partial charge in [0.05, 0.1) is 22.3 Å². The Hall–Kier alpha value is -1.24. The molecule has 0 spiro atoms. The minimum atomic E-state index is -0.189. The molecule has 0 radical (unpaired) electrons. The lowest BCUT2D eigenvalue weighted by molar-refractivity contribution is 0.407. The van der Waals surface area contributed by atoms with Crippen LogP contribution in [0.4, 0.5) is 5.69 Å². The van der Waals surface area contributed by atoms with E-state index in [1.807, 2.05) is 6.07 Å². The minimum absolute atomic E-state index is 0.189. The van der Waals surface area contributed by atoms with E-state index in [9.17, 15) is 0 Å². The quantitative estimate of drug-likeness (QED) is 0.858. The first-order valence-electron chi connectivity index (χ1n) is 6.08. The number of benzene rings is 1. The summed E-state index contributed by atoms with van der Waals surface area (Å²) in [6.07, 6.45) is 0.958. The van der Waals surface area contributed by atoms with E-state index < -0.39 is 0 Å². The first-order valence-corrected chi connectivity index (χ1v) is 6.46. The van der Waals surface area contributed by atoms with E-state index in [-0.39, 0.29) is 5.54 Å². The summed E-state index contributed by atoms with van der Waals surface area (Å²) in [6, 6.07) is 7.31. The van der Waals surface area contributed by atoms with Crippen molar-refractivity contribution in [2.24, 2.45) is 11.7 Å². The summed E-state index contributed by atoms with van der Waals surface area (Å²) in [5.41, 5.74) is 7.05. The Bertz CT molecular complexity index is 451. The van der Waals surface area contributed by atoms with Gasteiger partial charge in [0, 0.05) is 12.1 Å². The molecule has 0 aliphatic heterocycles. The van der Waals surface area contributed by atoms with Gasteiger partial charge < -0.3 is 11.1 Å². The highest BCUT2D eigenvalue weighted by molar-refractivity contribution is 6.33. The third-order valence-corrected chi connectivity index (χ3v) is 3.16. The van der Waals surface area contributed by atoms with Crippen molar-refractivity contribution in [1.82, 2.24) is 0 Å². The minimum Gasteiger partial charge on any atom is -0.377 e. The molecule has 0 aliphatic carbocycles. The molecular weight excluding hydrogens is 246 g/mol. The zero-order chi connectivity index (χ0) is 13.8. The maximum Gasteiger partial charge on any atom is 0.0992 e. The molecule has 0 bridgehead atoms. The predicted octanol–water partition coefficient (Wildman–Crippen LogP) is 3.39. The van der Waals surface area contributed by atoms with Gasteiger partial charge in [-0.25, -0.2) is 0 Å². The van der Waals surface area contributed by atoms with Crippen molar-refractivity contribution >= 4 is 17.3 Å². The fourth-order valence-electron chi connectivity index (χ4n) is 2.10. The van der Waals surface area contributed by atoms with Crippen molar-refractivity contribution in [3.63, 3.8) is 0 Å². The number of nitrogens with two attached hydrogens (primary N) is 1. The lowest BCUT2D eigenvalue weighted by Crippen LogP contribution is -2.43.